The number of nitrogens with one attached hydrogen (secondary N) is 2. The van der Waals surface area contributed by atoms with Gasteiger partial charge >= 0.3 is 6.03 Å². The maximum Gasteiger partial charge on any atom is 0.314 e. The van der Waals surface area contributed by atoms with Crippen molar-refractivity contribution < 1.29 is 4.79 Å². The van der Waals surface area contributed by atoms with Gasteiger partial charge in [0.2, 0.25) is 0 Å². The molecular formula is C7H14N2OS. The number of hydrogen-bond donors (Lipinski definition) is 2. The molecule has 1 aliphatic rings. The molecule has 0 aliphatic carbocycles. The minimum atomic E-state index is -0.0538. The zero-order chi connectivity index (χ0) is 8.10. The first-order valence-electron chi connectivity index (χ1n) is 3.89. The van der Waals surface area contributed by atoms with Crippen molar-refractivity contribution in [1.82, 2.24) is 10.6 Å². The molecule has 0 saturated carbocycles. The predicted molar refractivity (Wildman–Crippen MR) is 47.9 cm³/mol. The van der Waals surface area contributed by atoms with Crippen LogP contribution in [0.1, 0.15) is 12.8 Å². The predicted octanol–water partition coefficient (Wildman–Crippen LogP) is 0.811. The summed E-state index contributed by atoms with van der Waals surface area (Å²) in [6, 6.07) is 0.345. The molecule has 1 saturated heterocycles. The summed E-state index contributed by atoms with van der Waals surface area (Å²) in [4.78, 5) is 10.9. The number of hydrogen-bond acceptors (Lipinski definition) is 2. The largest absolute Gasteiger partial charge is 0.341 e. The third-order valence-electron chi connectivity index (χ3n) is 1.78. The summed E-state index contributed by atoms with van der Waals surface area (Å²) in [6.07, 6.45) is 2.22. The van der Waals surface area contributed by atoms with E-state index in [1.165, 1.54) is 11.5 Å². The van der Waals surface area contributed by atoms with Crippen molar-refractivity contribution >= 4 is 17.8 Å². The summed E-state index contributed by atoms with van der Waals surface area (Å²) in [5, 5.41) is 5.46. The van der Waals surface area contributed by atoms with E-state index in [1.807, 2.05) is 11.8 Å². The summed E-state index contributed by atoms with van der Waals surface area (Å²) < 4.78 is 0. The Labute approximate surface area is 71.3 Å². The maximum absolute atomic E-state index is 10.9. The summed E-state index contributed by atoms with van der Waals surface area (Å²) in [6.45, 7) is 0. The fourth-order valence-electron chi connectivity index (χ4n) is 1.10. The molecule has 0 radical (unpaired) electrons. The van der Waals surface area contributed by atoms with Crippen LogP contribution in [0.25, 0.3) is 0 Å². The molecule has 0 aromatic rings. The van der Waals surface area contributed by atoms with Crippen molar-refractivity contribution in [2.75, 3.05) is 18.6 Å². The Morgan fingerprint density at radius 3 is 2.64 bits per heavy atom. The Morgan fingerprint density at radius 1 is 1.45 bits per heavy atom. The average molecular weight is 174 g/mol. The third-order valence-corrected chi connectivity index (χ3v) is 2.83. The first-order valence-corrected chi connectivity index (χ1v) is 5.04. The lowest BCUT2D eigenvalue weighted by Crippen LogP contribution is -2.42. The molecule has 1 aliphatic heterocycles. The standard InChI is InChI=1S/C7H14N2OS/c1-8-7(10)9-6-2-4-11-5-3-6/h6H,2-5H2,1H3,(H2,8,9,10). The van der Waals surface area contributed by atoms with Gasteiger partial charge in [-0.1, -0.05) is 0 Å². The molecule has 2 amide bonds. The molecule has 3 nitrogen and oxygen atoms in total. The average Bonchev–Trinajstić information content (AvgIpc) is 2.06. The fourth-order valence-corrected chi connectivity index (χ4v) is 2.21. The molecule has 0 atom stereocenters. The fraction of sp³-hybridized carbons (Fsp3) is 0.857. The van der Waals surface area contributed by atoms with Crippen LogP contribution >= 0.6 is 11.8 Å². The van der Waals surface area contributed by atoms with E-state index in [2.05, 4.69) is 10.6 Å². The van der Waals surface area contributed by atoms with Crippen molar-refractivity contribution in [2.45, 2.75) is 18.9 Å². The molecule has 11 heavy (non-hydrogen) atoms. The van der Waals surface area contributed by atoms with E-state index in [0.717, 1.165) is 12.8 Å². The van der Waals surface area contributed by atoms with E-state index < -0.39 is 0 Å². The van der Waals surface area contributed by atoms with Crippen LogP contribution in [0, 0.1) is 0 Å². The number of amides is 2. The number of carbonyl (C=O) groups excluding carboxylic acids is 1. The van der Waals surface area contributed by atoms with Gasteiger partial charge in [-0.15, -0.1) is 0 Å². The van der Waals surface area contributed by atoms with Crippen LogP contribution in [-0.2, 0) is 0 Å². The van der Waals surface area contributed by atoms with Gasteiger partial charge < -0.3 is 10.6 Å². The molecule has 1 rings (SSSR count). The summed E-state index contributed by atoms with van der Waals surface area (Å²) >= 11 is 1.96. The molecule has 0 aromatic heterocycles. The number of thioether (sulfide) groups is 1. The lowest BCUT2D eigenvalue weighted by atomic mass is 10.2. The van der Waals surface area contributed by atoms with Crippen LogP contribution in [-0.4, -0.2) is 30.6 Å². The number of carbonyl (C=O) groups is 1. The molecule has 0 spiro atoms. The Balaban J connectivity index is 2.19. The highest BCUT2D eigenvalue weighted by Crippen LogP contribution is 2.16. The van der Waals surface area contributed by atoms with Crippen molar-refractivity contribution in [3.05, 3.63) is 0 Å². The Morgan fingerprint density at radius 2 is 2.09 bits per heavy atom. The van der Waals surface area contributed by atoms with Gasteiger partial charge in [0.1, 0.15) is 0 Å². The number of rotatable bonds is 1. The molecule has 1 heterocycles. The van der Waals surface area contributed by atoms with Crippen molar-refractivity contribution in [3.63, 3.8) is 0 Å². The van der Waals surface area contributed by atoms with Crippen LogP contribution in [0.4, 0.5) is 4.79 Å². The van der Waals surface area contributed by atoms with Crippen molar-refractivity contribution in [1.29, 1.82) is 0 Å². The highest BCUT2D eigenvalue weighted by atomic mass is 32.2. The SMILES string of the molecule is CNC(=O)NC1CCSCC1. The highest BCUT2D eigenvalue weighted by Gasteiger charge is 2.14. The second-order valence-corrected chi connectivity index (χ2v) is 3.83. The monoisotopic (exact) mass is 174 g/mol. The first-order chi connectivity index (χ1) is 5.33. The second-order valence-electron chi connectivity index (χ2n) is 2.61. The Bertz CT molecular complexity index is 134. The molecular weight excluding hydrogens is 160 g/mol. The molecule has 2 N–H and O–H groups in total. The van der Waals surface area contributed by atoms with Gasteiger partial charge in [0.15, 0.2) is 0 Å². The Kier molecular flexibility index (Phi) is 3.56. The van der Waals surface area contributed by atoms with E-state index in [0.29, 0.717) is 6.04 Å². The van der Waals surface area contributed by atoms with Crippen LogP contribution in [0.15, 0.2) is 0 Å². The quantitative estimate of drug-likeness (QED) is 0.617. The molecule has 1 fully saturated rings. The van der Waals surface area contributed by atoms with Gasteiger partial charge in [0.05, 0.1) is 0 Å². The van der Waals surface area contributed by atoms with E-state index in [4.69, 9.17) is 0 Å². The lowest BCUT2D eigenvalue weighted by Gasteiger charge is -2.21. The normalized spacial score (nSPS) is 19.4. The van der Waals surface area contributed by atoms with Crippen molar-refractivity contribution in [2.24, 2.45) is 0 Å². The van der Waals surface area contributed by atoms with E-state index in [-0.39, 0.29) is 6.03 Å². The second kappa shape index (κ2) is 4.49. The summed E-state index contributed by atoms with van der Waals surface area (Å²) in [5.74, 6) is 2.35. The molecule has 4 heteroatoms. The van der Waals surface area contributed by atoms with Crippen molar-refractivity contribution in [3.8, 4) is 0 Å². The third kappa shape index (κ3) is 3.01. The van der Waals surface area contributed by atoms with Crippen LogP contribution in [0.3, 0.4) is 0 Å². The lowest BCUT2D eigenvalue weighted by molar-refractivity contribution is 0.238. The van der Waals surface area contributed by atoms with Gasteiger partial charge in [0, 0.05) is 13.1 Å². The Hall–Kier alpha value is -0.380. The molecule has 0 aromatic carbocycles. The summed E-state index contributed by atoms with van der Waals surface area (Å²) in [5.41, 5.74) is 0. The van der Waals surface area contributed by atoms with Crippen LogP contribution in [0.2, 0.25) is 0 Å². The molecule has 64 valence electrons. The minimum absolute atomic E-state index is 0.0538. The smallest absolute Gasteiger partial charge is 0.314 e. The van der Waals surface area contributed by atoms with E-state index >= 15 is 0 Å². The van der Waals surface area contributed by atoms with Crippen LogP contribution < -0.4 is 10.6 Å². The van der Waals surface area contributed by atoms with Gasteiger partial charge in [-0.25, -0.2) is 4.79 Å². The molecule has 0 unspecified atom stereocenters. The van der Waals surface area contributed by atoms with Gasteiger partial charge in [0.25, 0.3) is 0 Å². The topological polar surface area (TPSA) is 41.1 Å². The minimum Gasteiger partial charge on any atom is -0.341 e. The van der Waals surface area contributed by atoms with Gasteiger partial charge in [-0.05, 0) is 24.3 Å². The number of urea groups is 1. The van der Waals surface area contributed by atoms with E-state index in [9.17, 15) is 4.79 Å². The zero-order valence-corrected chi connectivity index (χ0v) is 7.54. The summed E-state index contributed by atoms with van der Waals surface area (Å²) in [7, 11) is 1.65. The molecule has 0 bridgehead atoms. The first kappa shape index (κ1) is 8.71. The van der Waals surface area contributed by atoms with Gasteiger partial charge in [-0.2, -0.15) is 11.8 Å². The highest BCUT2D eigenvalue weighted by molar-refractivity contribution is 7.99. The maximum atomic E-state index is 10.9. The van der Waals surface area contributed by atoms with E-state index in [1.54, 1.807) is 7.05 Å². The van der Waals surface area contributed by atoms with Gasteiger partial charge in [-0.3, -0.25) is 0 Å². The zero-order valence-electron chi connectivity index (χ0n) is 6.72. The van der Waals surface area contributed by atoms with Crippen LogP contribution in [0.5, 0.6) is 0 Å².